The van der Waals surface area contributed by atoms with Crippen LogP contribution in [-0.4, -0.2) is 58.5 Å². The van der Waals surface area contributed by atoms with Crippen LogP contribution in [0.4, 0.5) is 0 Å². The Hall–Kier alpha value is -4.38. The van der Waals surface area contributed by atoms with E-state index in [-0.39, 0.29) is 30.2 Å². The second-order valence-electron chi connectivity index (χ2n) is 11.8. The number of hydrogen-bond donors (Lipinski definition) is 3. The number of esters is 1. The van der Waals surface area contributed by atoms with E-state index in [1.807, 2.05) is 54.8 Å². The number of carbonyl (C=O) groups excluding carboxylic acids is 3. The van der Waals surface area contributed by atoms with Gasteiger partial charge in [-0.15, -0.1) is 11.3 Å². The van der Waals surface area contributed by atoms with Crippen LogP contribution in [0.15, 0.2) is 78.2 Å². The molecular weight excluding hydrogens is 600 g/mol. The van der Waals surface area contributed by atoms with E-state index in [4.69, 9.17) is 4.74 Å². The maximum atomic E-state index is 13.5. The topological polar surface area (TPSA) is 121 Å². The number of ether oxygens (including phenoxy) is 1. The number of nitrogens with one attached hydrogen (secondary N) is 2. The number of aliphatic hydroxyl groups excluding tert-OH is 1. The molecule has 1 aromatic heterocycles. The molecule has 3 N–H and O–H groups in total. The highest BCUT2D eigenvalue weighted by atomic mass is 32.1. The molecule has 4 aromatic rings. The van der Waals surface area contributed by atoms with Crippen molar-refractivity contribution in [3.05, 3.63) is 117 Å². The molecule has 2 atom stereocenters. The Balaban J connectivity index is 1.44. The summed E-state index contributed by atoms with van der Waals surface area (Å²) in [5.41, 5.74) is 4.54. The van der Waals surface area contributed by atoms with Crippen molar-refractivity contribution < 1.29 is 24.2 Å². The molecular formula is C36H42N4O5S. The predicted molar refractivity (Wildman–Crippen MR) is 180 cm³/mol. The summed E-state index contributed by atoms with van der Waals surface area (Å²) in [6, 6.07) is 21.3. The van der Waals surface area contributed by atoms with Crippen molar-refractivity contribution >= 4 is 29.1 Å². The number of aryl methyl sites for hydroxylation is 1. The van der Waals surface area contributed by atoms with Crippen molar-refractivity contribution in [2.75, 3.05) is 13.6 Å². The van der Waals surface area contributed by atoms with E-state index in [0.717, 1.165) is 27.4 Å². The molecule has 0 aliphatic carbocycles. The van der Waals surface area contributed by atoms with Gasteiger partial charge in [-0.3, -0.25) is 14.4 Å². The normalized spacial score (nSPS) is 12.4. The third-order valence-electron chi connectivity index (χ3n) is 7.44. The molecule has 0 radical (unpaired) electrons. The third kappa shape index (κ3) is 10.1. The van der Waals surface area contributed by atoms with E-state index in [0.29, 0.717) is 36.4 Å². The number of aliphatic hydroxyl groups is 1. The van der Waals surface area contributed by atoms with E-state index in [9.17, 15) is 19.5 Å². The molecule has 0 bridgehead atoms. The number of aromatic nitrogens is 1. The summed E-state index contributed by atoms with van der Waals surface area (Å²) >= 11 is 1.50. The number of hydrogen-bond acceptors (Lipinski definition) is 8. The van der Waals surface area contributed by atoms with Gasteiger partial charge in [0.25, 0.3) is 11.8 Å². The van der Waals surface area contributed by atoms with Gasteiger partial charge < -0.3 is 25.4 Å². The van der Waals surface area contributed by atoms with Crippen molar-refractivity contribution in [3.63, 3.8) is 0 Å². The summed E-state index contributed by atoms with van der Waals surface area (Å²) in [5, 5.41) is 20.4. The highest BCUT2D eigenvalue weighted by molar-refractivity contribution is 7.09. The molecule has 10 heteroatoms. The van der Waals surface area contributed by atoms with Crippen LogP contribution in [0.2, 0.25) is 0 Å². The number of benzene rings is 3. The lowest BCUT2D eigenvalue weighted by atomic mass is 9.99. The van der Waals surface area contributed by atoms with E-state index in [1.54, 1.807) is 42.3 Å². The molecule has 0 spiro atoms. The summed E-state index contributed by atoms with van der Waals surface area (Å²) < 4.78 is 5.34. The Morgan fingerprint density at radius 3 is 2.39 bits per heavy atom. The Morgan fingerprint density at radius 1 is 0.978 bits per heavy atom. The van der Waals surface area contributed by atoms with Crippen LogP contribution in [0.1, 0.15) is 74.8 Å². The molecule has 9 nitrogen and oxygen atoms in total. The number of nitrogens with zero attached hydrogens (tertiary/aromatic N) is 2. The lowest BCUT2D eigenvalue weighted by Gasteiger charge is -2.25. The molecule has 3 aromatic carbocycles. The van der Waals surface area contributed by atoms with Gasteiger partial charge >= 0.3 is 5.97 Å². The minimum absolute atomic E-state index is 0.201. The van der Waals surface area contributed by atoms with Crippen LogP contribution in [0.3, 0.4) is 0 Å². The molecule has 4 rings (SSSR count). The molecule has 0 saturated carbocycles. The molecule has 0 saturated heterocycles. The summed E-state index contributed by atoms with van der Waals surface area (Å²) in [4.78, 5) is 44.2. The quantitative estimate of drug-likeness (QED) is 0.127. The Labute approximate surface area is 274 Å². The van der Waals surface area contributed by atoms with E-state index < -0.39 is 12.1 Å². The first-order valence-electron chi connectivity index (χ1n) is 15.3. The van der Waals surface area contributed by atoms with Gasteiger partial charge in [0.2, 0.25) is 0 Å². The van der Waals surface area contributed by atoms with Crippen LogP contribution in [0.5, 0.6) is 5.75 Å². The number of rotatable bonds is 14. The summed E-state index contributed by atoms with van der Waals surface area (Å²) in [7, 11) is 1.71. The SMILES string of the molecule is CC(=O)Oc1cc(CNC[C@@H](O)[C@H](Cc2ccccc2)NC(=O)c2cccc(C(=O)N(C)Cc3nc(C)cs3)c2)cc(C(C)C)c1. The predicted octanol–water partition coefficient (Wildman–Crippen LogP) is 5.26. The van der Waals surface area contributed by atoms with Crippen LogP contribution in [0.25, 0.3) is 0 Å². The lowest BCUT2D eigenvalue weighted by Crippen LogP contribution is -2.48. The highest BCUT2D eigenvalue weighted by Crippen LogP contribution is 2.23. The zero-order chi connectivity index (χ0) is 33.2. The van der Waals surface area contributed by atoms with Gasteiger partial charge in [-0.2, -0.15) is 0 Å². The van der Waals surface area contributed by atoms with Gasteiger partial charge in [0, 0.05) is 49.3 Å². The van der Waals surface area contributed by atoms with Crippen molar-refractivity contribution in [1.29, 1.82) is 0 Å². The average Bonchev–Trinajstić information content (AvgIpc) is 3.44. The molecule has 0 fully saturated rings. The van der Waals surface area contributed by atoms with Gasteiger partial charge in [0.15, 0.2) is 0 Å². The van der Waals surface area contributed by atoms with Crippen molar-refractivity contribution in [3.8, 4) is 5.75 Å². The zero-order valence-electron chi connectivity index (χ0n) is 26.9. The van der Waals surface area contributed by atoms with Gasteiger partial charge in [-0.25, -0.2) is 4.98 Å². The average molecular weight is 643 g/mol. The fraction of sp³-hybridized carbons (Fsp3) is 0.333. The van der Waals surface area contributed by atoms with Crippen LogP contribution < -0.4 is 15.4 Å². The molecule has 0 unspecified atom stereocenters. The Bertz CT molecular complexity index is 1640. The van der Waals surface area contributed by atoms with E-state index in [2.05, 4.69) is 29.5 Å². The molecule has 242 valence electrons. The standard InChI is InChI=1S/C36H42N4O5S/c1-23(2)30-14-27(15-31(18-30)45-25(4)41)19-37-20-33(42)32(16-26-10-7-6-8-11-26)39-35(43)28-12-9-13-29(17-28)36(44)40(5)21-34-38-24(3)22-46-34/h6-15,17-18,22-23,32-33,37,42H,16,19-21H2,1-5H3,(H,39,43)/t32-,33+/m0/s1. The van der Waals surface area contributed by atoms with Crippen molar-refractivity contribution in [1.82, 2.24) is 20.5 Å². The molecule has 46 heavy (non-hydrogen) atoms. The van der Waals surface area contributed by atoms with E-state index in [1.165, 1.54) is 18.3 Å². The molecule has 1 heterocycles. The first-order chi connectivity index (χ1) is 22.0. The number of amides is 2. The Morgan fingerprint density at radius 2 is 1.72 bits per heavy atom. The third-order valence-corrected chi connectivity index (χ3v) is 8.39. The van der Waals surface area contributed by atoms with Crippen LogP contribution in [0, 0.1) is 6.92 Å². The van der Waals surface area contributed by atoms with Crippen LogP contribution >= 0.6 is 11.3 Å². The molecule has 0 aliphatic rings. The molecule has 2 amide bonds. The summed E-state index contributed by atoms with van der Waals surface area (Å²) in [6.45, 7) is 8.42. The summed E-state index contributed by atoms with van der Waals surface area (Å²) in [6.07, 6.45) is -0.522. The smallest absolute Gasteiger partial charge is 0.308 e. The highest BCUT2D eigenvalue weighted by Gasteiger charge is 2.23. The number of carbonyl (C=O) groups is 3. The second-order valence-corrected chi connectivity index (χ2v) is 12.7. The first-order valence-corrected chi connectivity index (χ1v) is 16.2. The fourth-order valence-electron chi connectivity index (χ4n) is 5.02. The van der Waals surface area contributed by atoms with E-state index >= 15 is 0 Å². The minimum atomic E-state index is -0.928. The maximum Gasteiger partial charge on any atom is 0.308 e. The van der Waals surface area contributed by atoms with Crippen LogP contribution in [-0.2, 0) is 24.3 Å². The lowest BCUT2D eigenvalue weighted by molar-refractivity contribution is -0.131. The van der Waals surface area contributed by atoms with Crippen molar-refractivity contribution in [2.45, 2.75) is 65.3 Å². The zero-order valence-corrected chi connectivity index (χ0v) is 27.8. The van der Waals surface area contributed by atoms with Crippen molar-refractivity contribution in [2.24, 2.45) is 0 Å². The van der Waals surface area contributed by atoms with Gasteiger partial charge in [0.05, 0.1) is 18.7 Å². The molecule has 0 aliphatic heterocycles. The largest absolute Gasteiger partial charge is 0.427 e. The fourth-order valence-corrected chi connectivity index (χ4v) is 5.84. The minimum Gasteiger partial charge on any atom is -0.427 e. The monoisotopic (exact) mass is 642 g/mol. The first kappa shape index (κ1) is 34.5. The summed E-state index contributed by atoms with van der Waals surface area (Å²) in [5.74, 6) is -0.269. The van der Waals surface area contributed by atoms with Gasteiger partial charge in [0.1, 0.15) is 10.8 Å². The van der Waals surface area contributed by atoms with Gasteiger partial charge in [-0.1, -0.05) is 56.3 Å². The number of thiazole rings is 1. The van der Waals surface area contributed by atoms with Gasteiger partial charge in [-0.05, 0) is 66.3 Å². The Kier molecular flexibility index (Phi) is 12.2. The second kappa shape index (κ2) is 16.3. The maximum absolute atomic E-state index is 13.5.